The lowest BCUT2D eigenvalue weighted by molar-refractivity contribution is -0.142. The van der Waals surface area contributed by atoms with E-state index in [1.807, 2.05) is 36.3 Å². The van der Waals surface area contributed by atoms with Gasteiger partial charge in [0.15, 0.2) is 0 Å². The molecule has 1 amide bonds. The summed E-state index contributed by atoms with van der Waals surface area (Å²) in [5.74, 6) is -1.01. The SMILES string of the molecule is CN(C(=O)C1(c2ccc(F)cc2)CCC1)[C@@H]1CCc2c(CC(=O)O)c3ccccn3c2C1. The predicted molar refractivity (Wildman–Crippen MR) is 119 cm³/mol. The highest BCUT2D eigenvalue weighted by Crippen LogP contribution is 2.46. The molecule has 5 rings (SSSR count). The van der Waals surface area contributed by atoms with Crippen molar-refractivity contribution in [3.05, 3.63) is 76.9 Å². The largest absolute Gasteiger partial charge is 0.481 e. The van der Waals surface area contributed by atoms with Crippen LogP contribution >= 0.6 is 0 Å². The van der Waals surface area contributed by atoms with E-state index in [1.165, 1.54) is 12.1 Å². The highest BCUT2D eigenvalue weighted by molar-refractivity contribution is 5.89. The van der Waals surface area contributed by atoms with Crippen molar-refractivity contribution < 1.29 is 19.1 Å². The number of nitrogens with zero attached hydrogens (tertiary/aromatic N) is 2. The number of hydrogen-bond acceptors (Lipinski definition) is 2. The van der Waals surface area contributed by atoms with Crippen LogP contribution in [0.4, 0.5) is 4.39 Å². The van der Waals surface area contributed by atoms with E-state index in [1.54, 1.807) is 12.1 Å². The van der Waals surface area contributed by atoms with Gasteiger partial charge in [-0.2, -0.15) is 0 Å². The third kappa shape index (κ3) is 3.20. The normalized spacial score (nSPS) is 19.2. The van der Waals surface area contributed by atoms with Crippen LogP contribution in [0, 0.1) is 5.82 Å². The van der Waals surface area contributed by atoms with E-state index >= 15 is 0 Å². The van der Waals surface area contributed by atoms with Crippen molar-refractivity contribution in [1.29, 1.82) is 0 Å². The Hall–Kier alpha value is -3.15. The minimum absolute atomic E-state index is 0.00988. The molecule has 2 aliphatic carbocycles. The second-order valence-electron chi connectivity index (χ2n) is 9.19. The number of pyridine rings is 1. The number of carboxylic acids is 1. The molecule has 5 nitrogen and oxygen atoms in total. The monoisotopic (exact) mass is 434 g/mol. The van der Waals surface area contributed by atoms with Gasteiger partial charge >= 0.3 is 5.97 Å². The number of benzene rings is 1. The highest BCUT2D eigenvalue weighted by Gasteiger charge is 2.48. The van der Waals surface area contributed by atoms with Crippen LogP contribution in [0.5, 0.6) is 0 Å². The van der Waals surface area contributed by atoms with Gasteiger partial charge in [0.1, 0.15) is 5.82 Å². The Morgan fingerprint density at radius 1 is 1.19 bits per heavy atom. The molecule has 2 aromatic heterocycles. The summed E-state index contributed by atoms with van der Waals surface area (Å²) >= 11 is 0. The maximum absolute atomic E-state index is 13.7. The van der Waals surface area contributed by atoms with E-state index in [2.05, 4.69) is 4.40 Å². The summed E-state index contributed by atoms with van der Waals surface area (Å²) in [6, 6.07) is 12.3. The lowest BCUT2D eigenvalue weighted by atomic mass is 9.63. The van der Waals surface area contributed by atoms with Crippen LogP contribution in [0.25, 0.3) is 5.52 Å². The Morgan fingerprint density at radius 2 is 1.94 bits per heavy atom. The molecule has 6 heteroatoms. The van der Waals surface area contributed by atoms with E-state index < -0.39 is 11.4 Å². The lowest BCUT2D eigenvalue weighted by Crippen LogP contribution is -2.53. The molecular weight excluding hydrogens is 407 g/mol. The molecule has 2 heterocycles. The Bertz CT molecular complexity index is 1190. The van der Waals surface area contributed by atoms with Gasteiger partial charge in [-0.15, -0.1) is 0 Å². The molecule has 0 aliphatic heterocycles. The van der Waals surface area contributed by atoms with Gasteiger partial charge in [-0.05, 0) is 66.6 Å². The lowest BCUT2D eigenvalue weighted by Gasteiger charge is -2.45. The van der Waals surface area contributed by atoms with Crippen LogP contribution in [-0.2, 0) is 34.3 Å². The number of carbonyl (C=O) groups is 2. The average Bonchev–Trinajstić information content (AvgIpc) is 3.06. The topological polar surface area (TPSA) is 62.0 Å². The molecule has 32 heavy (non-hydrogen) atoms. The summed E-state index contributed by atoms with van der Waals surface area (Å²) in [7, 11) is 1.88. The van der Waals surface area contributed by atoms with Gasteiger partial charge in [-0.1, -0.05) is 24.6 Å². The number of carboxylic acid groups (broad SMARTS) is 1. The maximum atomic E-state index is 13.7. The van der Waals surface area contributed by atoms with Gasteiger partial charge in [0.05, 0.1) is 11.8 Å². The zero-order valence-corrected chi connectivity index (χ0v) is 18.2. The number of carbonyl (C=O) groups excluding carboxylic acids is 1. The standard InChI is InChI=1S/C26H27FN2O3/c1-28(25(32)26(12-4-13-26)17-6-8-18(27)9-7-17)19-10-11-20-21(16-24(30)31)22-5-2-3-14-29(22)23(20)15-19/h2-3,5-9,14,19H,4,10-13,15-16H2,1H3,(H,30,31)/t19-/m1/s1. The molecular formula is C26H27FN2O3. The second-order valence-corrected chi connectivity index (χ2v) is 9.19. The van der Waals surface area contributed by atoms with Crippen LogP contribution < -0.4 is 0 Å². The Morgan fingerprint density at radius 3 is 2.59 bits per heavy atom. The van der Waals surface area contributed by atoms with E-state index in [0.717, 1.165) is 60.0 Å². The van der Waals surface area contributed by atoms with Crippen molar-refractivity contribution in [1.82, 2.24) is 9.30 Å². The number of aliphatic carboxylic acids is 1. The third-order valence-corrected chi connectivity index (χ3v) is 7.54. The smallest absolute Gasteiger partial charge is 0.307 e. The minimum Gasteiger partial charge on any atom is -0.481 e. The quantitative estimate of drug-likeness (QED) is 0.657. The first-order chi connectivity index (χ1) is 15.4. The number of rotatable bonds is 5. The molecule has 1 saturated carbocycles. The molecule has 3 aromatic rings. The van der Waals surface area contributed by atoms with Gasteiger partial charge in [-0.3, -0.25) is 9.59 Å². The van der Waals surface area contributed by atoms with Crippen LogP contribution in [0.1, 0.15) is 48.1 Å². The number of hydrogen-bond donors (Lipinski definition) is 1. The fraction of sp³-hybridized carbons (Fsp3) is 0.385. The fourth-order valence-electron chi connectivity index (χ4n) is 5.66. The highest BCUT2D eigenvalue weighted by atomic mass is 19.1. The molecule has 1 aromatic carbocycles. The van der Waals surface area contributed by atoms with Gasteiger partial charge in [0.25, 0.3) is 0 Å². The van der Waals surface area contributed by atoms with E-state index in [9.17, 15) is 19.1 Å². The van der Waals surface area contributed by atoms with Gasteiger partial charge in [0, 0.05) is 36.9 Å². The van der Waals surface area contributed by atoms with Crippen LogP contribution in [0.2, 0.25) is 0 Å². The molecule has 0 unspecified atom stereocenters. The van der Waals surface area contributed by atoms with E-state index in [0.29, 0.717) is 6.42 Å². The van der Waals surface area contributed by atoms with Crippen molar-refractivity contribution in [3.63, 3.8) is 0 Å². The first kappa shape index (κ1) is 20.7. The van der Waals surface area contributed by atoms with Crippen molar-refractivity contribution in [2.75, 3.05) is 7.05 Å². The zero-order valence-electron chi connectivity index (χ0n) is 18.2. The third-order valence-electron chi connectivity index (χ3n) is 7.54. The minimum atomic E-state index is -0.829. The van der Waals surface area contributed by atoms with Crippen LogP contribution in [0.15, 0.2) is 48.7 Å². The molecule has 0 saturated heterocycles. The summed E-state index contributed by atoms with van der Waals surface area (Å²) < 4.78 is 15.6. The van der Waals surface area contributed by atoms with Crippen LogP contribution in [-0.4, -0.2) is 39.4 Å². The summed E-state index contributed by atoms with van der Waals surface area (Å²) in [4.78, 5) is 27.1. The molecule has 1 atom stereocenters. The molecule has 166 valence electrons. The summed E-state index contributed by atoms with van der Waals surface area (Å²) in [5, 5.41) is 9.42. The first-order valence-corrected chi connectivity index (χ1v) is 11.3. The van der Waals surface area contributed by atoms with E-state index in [4.69, 9.17) is 0 Å². The number of likely N-dealkylation sites (N-methyl/N-ethyl adjacent to an activating group) is 1. The van der Waals surface area contributed by atoms with Crippen molar-refractivity contribution in [2.24, 2.45) is 0 Å². The van der Waals surface area contributed by atoms with Crippen molar-refractivity contribution >= 4 is 17.4 Å². The summed E-state index contributed by atoms with van der Waals surface area (Å²) in [5.41, 5.74) is 4.40. The number of halogens is 1. The van der Waals surface area contributed by atoms with Crippen molar-refractivity contribution in [3.8, 4) is 0 Å². The van der Waals surface area contributed by atoms with Gasteiger partial charge in [-0.25, -0.2) is 4.39 Å². The zero-order chi connectivity index (χ0) is 22.5. The Kier molecular flexibility index (Phi) is 5.03. The Labute approximate surface area is 186 Å². The molecule has 0 radical (unpaired) electrons. The fourth-order valence-corrected chi connectivity index (χ4v) is 5.66. The predicted octanol–water partition coefficient (Wildman–Crippen LogP) is 4.14. The molecule has 1 N–H and O–H groups in total. The first-order valence-electron chi connectivity index (χ1n) is 11.3. The number of amides is 1. The van der Waals surface area contributed by atoms with Crippen LogP contribution in [0.3, 0.4) is 0 Å². The maximum Gasteiger partial charge on any atom is 0.307 e. The number of fused-ring (bicyclic) bond motifs is 3. The van der Waals surface area contributed by atoms with Gasteiger partial charge in [0.2, 0.25) is 5.91 Å². The second kappa shape index (κ2) is 7.76. The van der Waals surface area contributed by atoms with Crippen molar-refractivity contribution in [2.45, 2.75) is 56.4 Å². The Balaban J connectivity index is 1.45. The molecule has 2 aliphatic rings. The molecule has 1 fully saturated rings. The molecule has 0 spiro atoms. The molecule has 0 bridgehead atoms. The summed E-state index contributed by atoms with van der Waals surface area (Å²) in [6.45, 7) is 0. The summed E-state index contributed by atoms with van der Waals surface area (Å²) in [6.07, 6.45) is 6.82. The van der Waals surface area contributed by atoms with E-state index in [-0.39, 0.29) is 24.2 Å². The average molecular weight is 435 g/mol. The number of aromatic nitrogens is 1. The van der Waals surface area contributed by atoms with Gasteiger partial charge < -0.3 is 14.4 Å².